The Balaban J connectivity index is 2.37. The van der Waals surface area contributed by atoms with Crippen LogP contribution in [0.1, 0.15) is 32.8 Å². The first-order chi connectivity index (χ1) is 11.0. The van der Waals surface area contributed by atoms with Crippen molar-refractivity contribution in [2.45, 2.75) is 32.8 Å². The average Bonchev–Trinajstić information content (AvgIpc) is 2.54. The second-order valence-electron chi connectivity index (χ2n) is 5.54. The van der Waals surface area contributed by atoms with Gasteiger partial charge in [-0.15, -0.1) is 0 Å². The van der Waals surface area contributed by atoms with Crippen molar-refractivity contribution in [3.63, 3.8) is 0 Å². The predicted octanol–water partition coefficient (Wildman–Crippen LogP) is 4.44. The molecule has 0 saturated carbocycles. The normalized spacial score (nSPS) is 11.3. The summed E-state index contributed by atoms with van der Waals surface area (Å²) in [6, 6.07) is 10.2. The van der Waals surface area contributed by atoms with E-state index < -0.39 is 10.5 Å². The van der Waals surface area contributed by atoms with Crippen LogP contribution in [-0.4, -0.2) is 16.5 Å². The average molecular weight is 316 g/mol. The van der Waals surface area contributed by atoms with Crippen LogP contribution < -0.4 is 4.74 Å². The van der Waals surface area contributed by atoms with Gasteiger partial charge in [0.1, 0.15) is 5.75 Å². The quantitative estimate of drug-likeness (QED) is 0.557. The Bertz CT molecular complexity index is 686. The maximum Gasteiger partial charge on any atom is 0.331 e. The van der Waals surface area contributed by atoms with Crippen LogP contribution in [0.2, 0.25) is 0 Å². The molecule has 1 aromatic carbocycles. The molecule has 0 aliphatic carbocycles. The van der Waals surface area contributed by atoms with Crippen molar-refractivity contribution in [2.75, 3.05) is 6.61 Å². The lowest BCUT2D eigenvalue weighted by molar-refractivity contribution is -0.386. The minimum atomic E-state index is -0.573. The summed E-state index contributed by atoms with van der Waals surface area (Å²) in [4.78, 5) is 14.6. The highest BCUT2D eigenvalue weighted by molar-refractivity contribution is 5.45. The fourth-order valence-electron chi connectivity index (χ4n) is 2.19. The SMILES string of the molecule is CCCOC(C)(C)c1ccccc1Oc1ncccc1[N+](=O)[O-]. The smallest absolute Gasteiger partial charge is 0.331 e. The number of hydrogen-bond donors (Lipinski definition) is 0. The zero-order valence-electron chi connectivity index (χ0n) is 13.5. The highest BCUT2D eigenvalue weighted by atomic mass is 16.6. The molecule has 0 radical (unpaired) electrons. The standard InChI is InChI=1S/C17H20N2O4/c1-4-12-22-17(2,3)13-8-5-6-10-15(13)23-16-14(19(20)21)9-7-11-18-16/h5-11H,4,12H2,1-3H3. The topological polar surface area (TPSA) is 74.5 Å². The Hall–Kier alpha value is -2.47. The third kappa shape index (κ3) is 4.04. The summed E-state index contributed by atoms with van der Waals surface area (Å²) >= 11 is 0. The molecule has 2 aromatic rings. The summed E-state index contributed by atoms with van der Waals surface area (Å²) in [5.41, 5.74) is 0.0684. The fourth-order valence-corrected chi connectivity index (χ4v) is 2.19. The number of nitro groups is 1. The number of benzene rings is 1. The van der Waals surface area contributed by atoms with Crippen LogP contribution in [-0.2, 0) is 10.3 Å². The van der Waals surface area contributed by atoms with Crippen molar-refractivity contribution in [1.82, 2.24) is 4.98 Å². The summed E-state index contributed by atoms with van der Waals surface area (Å²) in [6.07, 6.45) is 2.36. The lowest BCUT2D eigenvalue weighted by atomic mass is 9.97. The third-order valence-corrected chi connectivity index (χ3v) is 3.36. The van der Waals surface area contributed by atoms with Crippen LogP contribution in [0.3, 0.4) is 0 Å². The van der Waals surface area contributed by atoms with E-state index in [9.17, 15) is 10.1 Å². The van der Waals surface area contributed by atoms with Crippen molar-refractivity contribution in [3.8, 4) is 11.6 Å². The van der Waals surface area contributed by atoms with Crippen LogP contribution in [0.15, 0.2) is 42.6 Å². The maximum absolute atomic E-state index is 11.1. The van der Waals surface area contributed by atoms with Gasteiger partial charge in [0.05, 0.1) is 10.5 Å². The minimum absolute atomic E-state index is 0.0313. The molecule has 6 heteroatoms. The van der Waals surface area contributed by atoms with Gasteiger partial charge < -0.3 is 9.47 Å². The Labute approximate surface area is 135 Å². The van der Waals surface area contributed by atoms with E-state index >= 15 is 0 Å². The van der Waals surface area contributed by atoms with E-state index in [0.29, 0.717) is 12.4 Å². The van der Waals surface area contributed by atoms with Crippen LogP contribution >= 0.6 is 0 Å². The largest absolute Gasteiger partial charge is 0.433 e. The van der Waals surface area contributed by atoms with Crippen molar-refractivity contribution < 1.29 is 14.4 Å². The minimum Gasteiger partial charge on any atom is -0.433 e. The lowest BCUT2D eigenvalue weighted by Crippen LogP contribution is -2.22. The zero-order chi connectivity index (χ0) is 16.9. The number of nitrogens with zero attached hydrogens (tertiary/aromatic N) is 2. The lowest BCUT2D eigenvalue weighted by Gasteiger charge is -2.27. The van der Waals surface area contributed by atoms with Crippen molar-refractivity contribution in [2.24, 2.45) is 0 Å². The molecule has 0 aliphatic rings. The van der Waals surface area contributed by atoms with Gasteiger partial charge in [-0.05, 0) is 32.4 Å². The van der Waals surface area contributed by atoms with Crippen molar-refractivity contribution in [3.05, 3.63) is 58.3 Å². The van der Waals surface area contributed by atoms with E-state index in [1.54, 1.807) is 6.07 Å². The number of hydrogen-bond acceptors (Lipinski definition) is 5. The van der Waals surface area contributed by atoms with Crippen LogP contribution in [0, 0.1) is 10.1 Å². The van der Waals surface area contributed by atoms with Gasteiger partial charge in [-0.2, -0.15) is 0 Å². The molecule has 6 nitrogen and oxygen atoms in total. The van der Waals surface area contributed by atoms with Crippen molar-refractivity contribution in [1.29, 1.82) is 0 Å². The second kappa shape index (κ2) is 7.19. The van der Waals surface area contributed by atoms with E-state index in [0.717, 1.165) is 12.0 Å². The number of aromatic nitrogens is 1. The molecule has 23 heavy (non-hydrogen) atoms. The Morgan fingerprint density at radius 2 is 1.96 bits per heavy atom. The molecule has 0 bridgehead atoms. The highest BCUT2D eigenvalue weighted by Crippen LogP contribution is 2.36. The molecule has 0 saturated heterocycles. The first kappa shape index (κ1) is 16.9. The van der Waals surface area contributed by atoms with Gasteiger partial charge in [-0.25, -0.2) is 4.98 Å². The maximum atomic E-state index is 11.1. The molecule has 0 aliphatic heterocycles. The summed E-state index contributed by atoms with van der Waals surface area (Å²) < 4.78 is 11.6. The van der Waals surface area contributed by atoms with Gasteiger partial charge >= 0.3 is 5.69 Å². The molecule has 1 aromatic heterocycles. The van der Waals surface area contributed by atoms with Gasteiger partial charge in [0.25, 0.3) is 5.88 Å². The zero-order valence-corrected chi connectivity index (χ0v) is 13.5. The van der Waals surface area contributed by atoms with Gasteiger partial charge in [0.15, 0.2) is 0 Å². The van der Waals surface area contributed by atoms with Crippen LogP contribution in [0.4, 0.5) is 5.69 Å². The van der Waals surface area contributed by atoms with E-state index in [1.165, 1.54) is 18.3 Å². The fraction of sp³-hybridized carbons (Fsp3) is 0.353. The summed E-state index contributed by atoms with van der Waals surface area (Å²) in [5.74, 6) is 0.464. The summed E-state index contributed by atoms with van der Waals surface area (Å²) in [5, 5.41) is 11.1. The molecular weight excluding hydrogens is 296 g/mol. The molecule has 0 unspecified atom stereocenters. The monoisotopic (exact) mass is 316 g/mol. The Kier molecular flexibility index (Phi) is 5.28. The van der Waals surface area contributed by atoms with Crippen LogP contribution in [0.25, 0.3) is 0 Å². The first-order valence-corrected chi connectivity index (χ1v) is 7.46. The van der Waals surface area contributed by atoms with Crippen molar-refractivity contribution >= 4 is 5.69 Å². The van der Waals surface area contributed by atoms with Crippen LogP contribution in [0.5, 0.6) is 11.6 Å². The Morgan fingerprint density at radius 1 is 1.22 bits per heavy atom. The molecule has 0 N–H and O–H groups in total. The van der Waals surface area contributed by atoms with Gasteiger partial charge in [-0.3, -0.25) is 10.1 Å². The number of ether oxygens (including phenoxy) is 2. The molecule has 0 spiro atoms. The van der Waals surface area contributed by atoms with E-state index in [4.69, 9.17) is 9.47 Å². The second-order valence-corrected chi connectivity index (χ2v) is 5.54. The molecule has 0 amide bonds. The third-order valence-electron chi connectivity index (χ3n) is 3.36. The summed E-state index contributed by atoms with van der Waals surface area (Å²) in [7, 11) is 0. The molecule has 0 fully saturated rings. The number of para-hydroxylation sites is 1. The van der Waals surface area contributed by atoms with Gasteiger partial charge in [-0.1, -0.05) is 25.1 Å². The van der Waals surface area contributed by atoms with Gasteiger partial charge in [0.2, 0.25) is 0 Å². The first-order valence-electron chi connectivity index (χ1n) is 7.46. The van der Waals surface area contributed by atoms with Gasteiger partial charge in [0, 0.05) is 24.4 Å². The Morgan fingerprint density at radius 3 is 2.65 bits per heavy atom. The summed E-state index contributed by atoms with van der Waals surface area (Å²) in [6.45, 7) is 6.54. The van der Waals surface area contributed by atoms with E-state index in [2.05, 4.69) is 4.98 Å². The number of rotatable bonds is 7. The molecular formula is C17H20N2O4. The molecule has 122 valence electrons. The van der Waals surface area contributed by atoms with E-state index in [1.807, 2.05) is 39.0 Å². The predicted molar refractivity (Wildman–Crippen MR) is 86.7 cm³/mol. The molecule has 0 atom stereocenters. The molecule has 2 rings (SSSR count). The van der Waals surface area contributed by atoms with E-state index in [-0.39, 0.29) is 11.6 Å². The molecule has 1 heterocycles. The number of pyridine rings is 1. The highest BCUT2D eigenvalue weighted by Gasteiger charge is 2.26.